The SMILES string of the molecule is CN1C[C@@H]2C[C@H](N(C)c3ncnc4[nH]ccc34)C[C@@H]2CC1=O. The fourth-order valence-corrected chi connectivity index (χ4v) is 4.12. The van der Waals surface area contributed by atoms with Crippen LogP contribution in [0.4, 0.5) is 5.82 Å². The van der Waals surface area contributed by atoms with Crippen LogP contribution in [0.5, 0.6) is 0 Å². The molecule has 116 valence electrons. The van der Waals surface area contributed by atoms with E-state index in [-0.39, 0.29) is 0 Å². The summed E-state index contributed by atoms with van der Waals surface area (Å²) in [6, 6.07) is 2.47. The smallest absolute Gasteiger partial charge is 0.222 e. The van der Waals surface area contributed by atoms with E-state index in [0.717, 1.165) is 36.2 Å². The zero-order valence-corrected chi connectivity index (χ0v) is 13.0. The molecule has 1 saturated heterocycles. The lowest BCUT2D eigenvalue weighted by Crippen LogP contribution is -2.39. The average Bonchev–Trinajstić information content (AvgIpc) is 3.13. The molecule has 1 saturated carbocycles. The summed E-state index contributed by atoms with van der Waals surface area (Å²) < 4.78 is 0. The molecule has 0 bridgehead atoms. The van der Waals surface area contributed by atoms with E-state index in [1.165, 1.54) is 0 Å². The van der Waals surface area contributed by atoms with Gasteiger partial charge in [-0.25, -0.2) is 9.97 Å². The number of piperidine rings is 1. The molecule has 2 aromatic rings. The second kappa shape index (κ2) is 4.97. The van der Waals surface area contributed by atoms with Crippen LogP contribution >= 0.6 is 0 Å². The van der Waals surface area contributed by atoms with Gasteiger partial charge < -0.3 is 14.8 Å². The molecule has 6 nitrogen and oxygen atoms in total. The number of rotatable bonds is 2. The van der Waals surface area contributed by atoms with Gasteiger partial charge in [0.2, 0.25) is 5.91 Å². The van der Waals surface area contributed by atoms with E-state index in [1.807, 2.05) is 24.2 Å². The van der Waals surface area contributed by atoms with Crippen LogP contribution in [0, 0.1) is 11.8 Å². The zero-order valence-electron chi connectivity index (χ0n) is 13.0. The first-order valence-corrected chi connectivity index (χ1v) is 7.88. The van der Waals surface area contributed by atoms with Crippen molar-refractivity contribution in [2.24, 2.45) is 11.8 Å². The Kier molecular flexibility index (Phi) is 3.06. The maximum absolute atomic E-state index is 11.9. The van der Waals surface area contributed by atoms with Crippen molar-refractivity contribution in [2.75, 3.05) is 25.5 Å². The molecule has 0 spiro atoms. The summed E-state index contributed by atoms with van der Waals surface area (Å²) in [4.78, 5) is 28.0. The number of hydrogen-bond acceptors (Lipinski definition) is 4. The average molecular weight is 299 g/mol. The molecule has 1 N–H and O–H groups in total. The molecule has 0 radical (unpaired) electrons. The predicted octanol–water partition coefficient (Wildman–Crippen LogP) is 1.65. The second-order valence-corrected chi connectivity index (χ2v) is 6.67. The number of nitrogens with zero attached hydrogens (tertiary/aromatic N) is 4. The maximum atomic E-state index is 11.9. The number of hydrogen-bond donors (Lipinski definition) is 1. The van der Waals surface area contributed by atoms with Crippen LogP contribution < -0.4 is 4.90 Å². The Morgan fingerprint density at radius 2 is 2.14 bits per heavy atom. The molecule has 2 aliphatic rings. The predicted molar refractivity (Wildman–Crippen MR) is 84.5 cm³/mol. The van der Waals surface area contributed by atoms with E-state index >= 15 is 0 Å². The molecule has 2 aromatic heterocycles. The molecule has 4 rings (SSSR count). The quantitative estimate of drug-likeness (QED) is 0.916. The van der Waals surface area contributed by atoms with Gasteiger partial charge >= 0.3 is 0 Å². The summed E-state index contributed by atoms with van der Waals surface area (Å²) >= 11 is 0. The monoisotopic (exact) mass is 299 g/mol. The van der Waals surface area contributed by atoms with Gasteiger partial charge in [0.1, 0.15) is 17.8 Å². The summed E-state index contributed by atoms with van der Waals surface area (Å²) in [5.41, 5.74) is 0.877. The van der Waals surface area contributed by atoms with E-state index in [1.54, 1.807) is 6.33 Å². The minimum atomic E-state index is 0.291. The van der Waals surface area contributed by atoms with Gasteiger partial charge in [0, 0.05) is 39.3 Å². The van der Waals surface area contributed by atoms with Crippen LogP contribution in [0.1, 0.15) is 19.3 Å². The Morgan fingerprint density at radius 1 is 1.32 bits per heavy atom. The largest absolute Gasteiger partial charge is 0.356 e. The third kappa shape index (κ3) is 2.05. The lowest BCUT2D eigenvalue weighted by Gasteiger charge is -2.31. The van der Waals surface area contributed by atoms with Gasteiger partial charge in [-0.15, -0.1) is 0 Å². The molecule has 3 heterocycles. The summed E-state index contributed by atoms with van der Waals surface area (Å²) in [7, 11) is 4.03. The summed E-state index contributed by atoms with van der Waals surface area (Å²) in [6.07, 6.45) is 6.43. The fourth-order valence-electron chi connectivity index (χ4n) is 4.12. The highest BCUT2D eigenvalue weighted by Gasteiger charge is 2.41. The number of likely N-dealkylation sites (tertiary alicyclic amines) is 1. The first-order chi connectivity index (χ1) is 10.6. The van der Waals surface area contributed by atoms with E-state index < -0.39 is 0 Å². The summed E-state index contributed by atoms with van der Waals surface area (Å²) in [5, 5.41) is 1.06. The molecule has 0 unspecified atom stereocenters. The van der Waals surface area contributed by atoms with Crippen molar-refractivity contribution in [1.29, 1.82) is 0 Å². The van der Waals surface area contributed by atoms with Crippen LogP contribution in [0.15, 0.2) is 18.6 Å². The molecular weight excluding hydrogens is 278 g/mol. The Bertz CT molecular complexity index is 711. The van der Waals surface area contributed by atoms with Gasteiger partial charge in [-0.1, -0.05) is 0 Å². The first-order valence-electron chi connectivity index (χ1n) is 7.88. The molecule has 1 aliphatic heterocycles. The maximum Gasteiger partial charge on any atom is 0.222 e. The van der Waals surface area contributed by atoms with Gasteiger partial charge in [0.05, 0.1) is 5.39 Å². The van der Waals surface area contributed by atoms with Crippen LogP contribution in [0.3, 0.4) is 0 Å². The molecule has 22 heavy (non-hydrogen) atoms. The highest BCUT2D eigenvalue weighted by atomic mass is 16.2. The minimum Gasteiger partial charge on any atom is -0.356 e. The van der Waals surface area contributed by atoms with Crippen LogP contribution in [-0.2, 0) is 4.79 Å². The number of carbonyl (C=O) groups excluding carboxylic acids is 1. The Balaban J connectivity index is 1.58. The normalized spacial score (nSPS) is 28.2. The highest BCUT2D eigenvalue weighted by molar-refractivity contribution is 5.87. The Morgan fingerprint density at radius 3 is 3.00 bits per heavy atom. The highest BCUT2D eigenvalue weighted by Crippen LogP contribution is 2.41. The number of fused-ring (bicyclic) bond motifs is 2. The van der Waals surface area contributed by atoms with Crippen molar-refractivity contribution in [3.05, 3.63) is 18.6 Å². The molecular formula is C16H21N5O. The lowest BCUT2D eigenvalue weighted by molar-refractivity contribution is -0.134. The number of amides is 1. The van der Waals surface area contributed by atoms with Gasteiger partial charge in [-0.05, 0) is 30.7 Å². The van der Waals surface area contributed by atoms with E-state index in [4.69, 9.17) is 0 Å². The molecule has 1 aliphatic carbocycles. The standard InChI is InChI=1S/C16H21N5O/c1-20-8-11-6-12(5-10(11)7-14(20)22)21(2)16-13-3-4-17-15(13)18-9-19-16/h3-4,9-12H,5-8H2,1-2H3,(H,17,18,19)/t10-,11+,12-/m1/s1. The third-order valence-corrected chi connectivity index (χ3v) is 5.40. The second-order valence-electron chi connectivity index (χ2n) is 6.67. The minimum absolute atomic E-state index is 0.291. The van der Waals surface area contributed by atoms with Gasteiger partial charge in [-0.2, -0.15) is 0 Å². The number of nitrogens with one attached hydrogen (secondary N) is 1. The number of carbonyl (C=O) groups is 1. The summed E-state index contributed by atoms with van der Waals surface area (Å²) in [6.45, 7) is 0.900. The number of H-pyrrole nitrogens is 1. The molecule has 6 heteroatoms. The van der Waals surface area contributed by atoms with Crippen LogP contribution in [0.2, 0.25) is 0 Å². The van der Waals surface area contributed by atoms with Crippen molar-refractivity contribution < 1.29 is 4.79 Å². The molecule has 3 atom stereocenters. The van der Waals surface area contributed by atoms with Crippen molar-refractivity contribution in [2.45, 2.75) is 25.3 Å². The third-order valence-electron chi connectivity index (χ3n) is 5.40. The van der Waals surface area contributed by atoms with Crippen LogP contribution in [-0.4, -0.2) is 52.4 Å². The van der Waals surface area contributed by atoms with Crippen LogP contribution in [0.25, 0.3) is 11.0 Å². The van der Waals surface area contributed by atoms with E-state index in [0.29, 0.717) is 30.2 Å². The lowest BCUT2D eigenvalue weighted by atomic mass is 9.88. The van der Waals surface area contributed by atoms with Gasteiger partial charge in [0.25, 0.3) is 0 Å². The van der Waals surface area contributed by atoms with Crippen molar-refractivity contribution in [1.82, 2.24) is 19.9 Å². The summed E-state index contributed by atoms with van der Waals surface area (Å²) in [5.74, 6) is 2.42. The van der Waals surface area contributed by atoms with Crippen molar-refractivity contribution in [3.63, 3.8) is 0 Å². The zero-order chi connectivity index (χ0) is 15.3. The van der Waals surface area contributed by atoms with Gasteiger partial charge in [0.15, 0.2) is 0 Å². The number of aromatic nitrogens is 3. The first kappa shape index (κ1) is 13.5. The molecule has 1 amide bonds. The van der Waals surface area contributed by atoms with Gasteiger partial charge in [-0.3, -0.25) is 4.79 Å². The number of anilines is 1. The van der Waals surface area contributed by atoms with E-state index in [9.17, 15) is 4.79 Å². The molecule has 0 aromatic carbocycles. The topological polar surface area (TPSA) is 65.1 Å². The van der Waals surface area contributed by atoms with Crippen molar-refractivity contribution >= 4 is 22.8 Å². The molecule has 2 fully saturated rings. The van der Waals surface area contributed by atoms with Crippen molar-refractivity contribution in [3.8, 4) is 0 Å². The Labute approximate surface area is 129 Å². The fraction of sp³-hybridized carbons (Fsp3) is 0.562. The number of aromatic amines is 1. The Hall–Kier alpha value is -2.11. The van der Waals surface area contributed by atoms with E-state index in [2.05, 4.69) is 26.9 Å².